The number of carbonyl (C=O) groups excluding carboxylic acids is 1. The van der Waals surface area contributed by atoms with Gasteiger partial charge in [0.1, 0.15) is 0 Å². The Hall–Kier alpha value is -1.93. The molecule has 0 atom stereocenters. The summed E-state index contributed by atoms with van der Waals surface area (Å²) < 4.78 is 31.4. The van der Waals surface area contributed by atoms with E-state index >= 15 is 0 Å². The van der Waals surface area contributed by atoms with Crippen LogP contribution in [-0.4, -0.2) is 34.6 Å². The van der Waals surface area contributed by atoms with Crippen molar-refractivity contribution in [3.63, 3.8) is 0 Å². The average Bonchev–Trinajstić information content (AvgIpc) is 2.60. The summed E-state index contributed by atoms with van der Waals surface area (Å²) in [6.07, 6.45) is 0. The maximum atomic E-state index is 12.1. The summed E-state index contributed by atoms with van der Waals surface area (Å²) >= 11 is 5.98. The smallest absolute Gasteiger partial charge is 0.253 e. The number of amides is 1. The SMILES string of the molecule is COCCNS(=O)(=O)c1ccc(CNC(=O)c2ccccc2Cl)cc1. The van der Waals surface area contributed by atoms with E-state index in [1.54, 1.807) is 36.4 Å². The topological polar surface area (TPSA) is 84.5 Å². The molecule has 2 N–H and O–H groups in total. The average molecular weight is 383 g/mol. The van der Waals surface area contributed by atoms with Crippen LogP contribution in [0.15, 0.2) is 53.4 Å². The van der Waals surface area contributed by atoms with E-state index in [1.807, 2.05) is 0 Å². The van der Waals surface area contributed by atoms with E-state index in [0.29, 0.717) is 17.2 Å². The zero-order valence-electron chi connectivity index (χ0n) is 13.7. The lowest BCUT2D eigenvalue weighted by Gasteiger charge is -2.09. The van der Waals surface area contributed by atoms with E-state index in [2.05, 4.69) is 10.0 Å². The van der Waals surface area contributed by atoms with Gasteiger partial charge >= 0.3 is 0 Å². The number of halogens is 1. The monoisotopic (exact) mass is 382 g/mol. The number of sulfonamides is 1. The second-order valence-electron chi connectivity index (χ2n) is 5.20. The molecule has 0 saturated heterocycles. The molecule has 0 aliphatic rings. The summed E-state index contributed by atoms with van der Waals surface area (Å²) in [5.74, 6) is -0.288. The molecule has 8 heteroatoms. The molecule has 25 heavy (non-hydrogen) atoms. The molecule has 134 valence electrons. The van der Waals surface area contributed by atoms with E-state index in [0.717, 1.165) is 5.56 Å². The lowest BCUT2D eigenvalue weighted by Crippen LogP contribution is -2.27. The first-order chi connectivity index (χ1) is 11.9. The second kappa shape index (κ2) is 8.96. The number of ether oxygens (including phenoxy) is 1. The van der Waals surface area contributed by atoms with Gasteiger partial charge in [0, 0.05) is 20.2 Å². The van der Waals surface area contributed by atoms with Gasteiger partial charge in [-0.1, -0.05) is 35.9 Å². The van der Waals surface area contributed by atoms with Gasteiger partial charge in [-0.3, -0.25) is 4.79 Å². The number of methoxy groups -OCH3 is 1. The highest BCUT2D eigenvalue weighted by Gasteiger charge is 2.13. The van der Waals surface area contributed by atoms with Crippen LogP contribution >= 0.6 is 11.6 Å². The van der Waals surface area contributed by atoms with Crippen LogP contribution < -0.4 is 10.0 Å². The Balaban J connectivity index is 1.96. The summed E-state index contributed by atoms with van der Waals surface area (Å²) in [5.41, 5.74) is 1.17. The Labute approximate surface area is 152 Å². The van der Waals surface area contributed by atoms with Gasteiger partial charge in [-0.25, -0.2) is 13.1 Å². The lowest BCUT2D eigenvalue weighted by atomic mass is 10.2. The Morgan fingerprint density at radius 1 is 1.12 bits per heavy atom. The van der Waals surface area contributed by atoms with Crippen molar-refractivity contribution in [2.45, 2.75) is 11.4 Å². The summed E-state index contributed by atoms with van der Waals surface area (Å²) in [7, 11) is -2.06. The van der Waals surface area contributed by atoms with Gasteiger partial charge in [-0.15, -0.1) is 0 Å². The summed E-state index contributed by atoms with van der Waals surface area (Å²) in [4.78, 5) is 12.3. The number of hydrogen-bond donors (Lipinski definition) is 2. The van der Waals surface area contributed by atoms with Crippen molar-refractivity contribution in [3.8, 4) is 0 Å². The summed E-state index contributed by atoms with van der Waals surface area (Å²) in [6, 6.07) is 13.1. The molecule has 0 saturated carbocycles. The quantitative estimate of drug-likeness (QED) is 0.685. The molecule has 2 rings (SSSR count). The van der Waals surface area contributed by atoms with Crippen LogP contribution in [0.25, 0.3) is 0 Å². The van der Waals surface area contributed by atoms with E-state index in [9.17, 15) is 13.2 Å². The van der Waals surface area contributed by atoms with Crippen molar-refractivity contribution in [2.75, 3.05) is 20.3 Å². The Kier molecular flexibility index (Phi) is 6.95. The summed E-state index contributed by atoms with van der Waals surface area (Å²) in [5, 5.41) is 3.13. The molecule has 0 bridgehead atoms. The number of carbonyl (C=O) groups is 1. The fraction of sp³-hybridized carbons (Fsp3) is 0.235. The number of nitrogens with one attached hydrogen (secondary N) is 2. The molecular weight excluding hydrogens is 364 g/mol. The van der Waals surface area contributed by atoms with Crippen molar-refractivity contribution in [1.29, 1.82) is 0 Å². The van der Waals surface area contributed by atoms with Gasteiger partial charge < -0.3 is 10.1 Å². The van der Waals surface area contributed by atoms with Crippen LogP contribution in [0.4, 0.5) is 0 Å². The van der Waals surface area contributed by atoms with Crippen LogP contribution in [0, 0.1) is 0 Å². The third-order valence-electron chi connectivity index (χ3n) is 3.40. The van der Waals surface area contributed by atoms with E-state index in [4.69, 9.17) is 16.3 Å². The largest absolute Gasteiger partial charge is 0.383 e. The van der Waals surface area contributed by atoms with E-state index in [1.165, 1.54) is 19.2 Å². The molecule has 2 aromatic carbocycles. The van der Waals surface area contributed by atoms with Crippen molar-refractivity contribution < 1.29 is 17.9 Å². The minimum absolute atomic E-state index is 0.157. The molecule has 0 radical (unpaired) electrons. The van der Waals surface area contributed by atoms with E-state index < -0.39 is 10.0 Å². The molecule has 1 amide bonds. The highest BCUT2D eigenvalue weighted by Crippen LogP contribution is 2.15. The van der Waals surface area contributed by atoms with Crippen LogP contribution in [-0.2, 0) is 21.3 Å². The molecule has 0 aliphatic heterocycles. The predicted molar refractivity (Wildman–Crippen MR) is 96.1 cm³/mol. The summed E-state index contributed by atoms with van der Waals surface area (Å²) in [6.45, 7) is 0.765. The molecule has 6 nitrogen and oxygen atoms in total. The first-order valence-electron chi connectivity index (χ1n) is 7.54. The van der Waals surface area contributed by atoms with Crippen LogP contribution in [0.5, 0.6) is 0 Å². The van der Waals surface area contributed by atoms with Gasteiger partial charge in [0.15, 0.2) is 0 Å². The van der Waals surface area contributed by atoms with Crippen LogP contribution in [0.2, 0.25) is 5.02 Å². The molecule has 0 aliphatic carbocycles. The van der Waals surface area contributed by atoms with Gasteiger partial charge in [0.05, 0.1) is 22.1 Å². The molecule has 0 aromatic heterocycles. The highest BCUT2D eigenvalue weighted by molar-refractivity contribution is 7.89. The minimum Gasteiger partial charge on any atom is -0.383 e. The van der Waals surface area contributed by atoms with Crippen molar-refractivity contribution >= 4 is 27.5 Å². The Morgan fingerprint density at radius 2 is 1.80 bits per heavy atom. The van der Waals surface area contributed by atoms with Crippen molar-refractivity contribution in [3.05, 3.63) is 64.7 Å². The zero-order chi connectivity index (χ0) is 18.3. The minimum atomic E-state index is -3.56. The predicted octanol–water partition coefficient (Wildman–Crippen LogP) is 2.19. The van der Waals surface area contributed by atoms with Crippen molar-refractivity contribution in [2.24, 2.45) is 0 Å². The van der Waals surface area contributed by atoms with Gasteiger partial charge in [0.25, 0.3) is 5.91 Å². The lowest BCUT2D eigenvalue weighted by molar-refractivity contribution is 0.0951. The maximum Gasteiger partial charge on any atom is 0.253 e. The van der Waals surface area contributed by atoms with Crippen LogP contribution in [0.1, 0.15) is 15.9 Å². The van der Waals surface area contributed by atoms with Gasteiger partial charge in [-0.2, -0.15) is 0 Å². The van der Waals surface area contributed by atoms with Gasteiger partial charge in [-0.05, 0) is 29.8 Å². The second-order valence-corrected chi connectivity index (χ2v) is 7.37. The van der Waals surface area contributed by atoms with Gasteiger partial charge in [0.2, 0.25) is 10.0 Å². The first kappa shape index (κ1) is 19.4. The normalized spacial score (nSPS) is 11.3. The maximum absolute atomic E-state index is 12.1. The molecule has 2 aromatic rings. The Bertz CT molecular complexity index is 823. The molecule has 0 heterocycles. The van der Waals surface area contributed by atoms with E-state index in [-0.39, 0.29) is 23.9 Å². The third-order valence-corrected chi connectivity index (χ3v) is 5.21. The highest BCUT2D eigenvalue weighted by atomic mass is 35.5. The third kappa shape index (κ3) is 5.54. The first-order valence-corrected chi connectivity index (χ1v) is 9.40. The molecular formula is C17H19ClN2O4S. The molecule has 0 unspecified atom stereocenters. The molecule has 0 fully saturated rings. The van der Waals surface area contributed by atoms with Crippen molar-refractivity contribution in [1.82, 2.24) is 10.0 Å². The number of hydrogen-bond acceptors (Lipinski definition) is 4. The zero-order valence-corrected chi connectivity index (χ0v) is 15.2. The standard InChI is InChI=1S/C17H19ClN2O4S/c1-24-11-10-20-25(22,23)14-8-6-13(7-9-14)12-19-17(21)15-4-2-3-5-16(15)18/h2-9,20H,10-12H2,1H3,(H,19,21). The fourth-order valence-corrected chi connectivity index (χ4v) is 3.31. The Morgan fingerprint density at radius 3 is 2.44 bits per heavy atom. The number of benzene rings is 2. The van der Waals surface area contributed by atoms with Crippen LogP contribution in [0.3, 0.4) is 0 Å². The molecule has 0 spiro atoms. The number of rotatable bonds is 8. The fourth-order valence-electron chi connectivity index (χ4n) is 2.07.